The summed E-state index contributed by atoms with van der Waals surface area (Å²) in [7, 11) is 3.62. The number of aliphatic imine (C=N–C) groups is 1. The van der Waals surface area contributed by atoms with Gasteiger partial charge in [-0.15, -0.1) is 0 Å². The molecule has 1 fully saturated rings. The third kappa shape index (κ3) is 7.34. The van der Waals surface area contributed by atoms with Gasteiger partial charge in [0.05, 0.1) is 6.61 Å². The molecule has 5 nitrogen and oxygen atoms in total. The van der Waals surface area contributed by atoms with E-state index >= 15 is 0 Å². The largest absolute Gasteiger partial charge is 0.383 e. The van der Waals surface area contributed by atoms with Gasteiger partial charge in [-0.3, -0.25) is 4.99 Å². The van der Waals surface area contributed by atoms with Gasteiger partial charge < -0.3 is 20.3 Å². The molecule has 0 atom stereocenters. The number of nitrogens with zero attached hydrogens (tertiary/aromatic N) is 2. The molecule has 0 saturated carbocycles. The molecule has 0 aliphatic carbocycles. The summed E-state index contributed by atoms with van der Waals surface area (Å²) in [6, 6.07) is 11.2. The first-order valence-electron chi connectivity index (χ1n) is 9.75. The second kappa shape index (κ2) is 10.5. The highest BCUT2D eigenvalue weighted by atomic mass is 16.5. The second-order valence-corrected chi connectivity index (χ2v) is 8.01. The zero-order valence-corrected chi connectivity index (χ0v) is 16.9. The maximum atomic E-state index is 5.17. The smallest absolute Gasteiger partial charge is 0.191 e. The summed E-state index contributed by atoms with van der Waals surface area (Å²) in [6.07, 6.45) is 3.35. The minimum atomic E-state index is 0.169. The topological polar surface area (TPSA) is 48.9 Å². The first kappa shape index (κ1) is 20.7. The van der Waals surface area contributed by atoms with E-state index in [1.807, 2.05) is 7.05 Å². The molecule has 1 heterocycles. The number of ether oxygens (including phenoxy) is 1. The average Bonchev–Trinajstić information content (AvgIpc) is 2.65. The van der Waals surface area contributed by atoms with Crippen LogP contribution in [-0.2, 0) is 11.2 Å². The molecule has 1 aliphatic rings. The van der Waals surface area contributed by atoms with Crippen LogP contribution in [0.25, 0.3) is 0 Å². The van der Waals surface area contributed by atoms with Crippen LogP contribution in [0.4, 0.5) is 0 Å². The molecule has 1 saturated heterocycles. The van der Waals surface area contributed by atoms with Crippen molar-refractivity contribution in [1.82, 2.24) is 15.5 Å². The molecular weight excluding hydrogens is 324 g/mol. The maximum Gasteiger partial charge on any atom is 0.191 e. The summed E-state index contributed by atoms with van der Waals surface area (Å²) in [5.41, 5.74) is 1.55. The van der Waals surface area contributed by atoms with Crippen LogP contribution < -0.4 is 10.6 Å². The van der Waals surface area contributed by atoms with Gasteiger partial charge in [-0.2, -0.15) is 0 Å². The lowest BCUT2D eigenvalue weighted by Crippen LogP contribution is -2.50. The number of likely N-dealkylation sites (tertiary alicyclic amines) is 1. The normalized spacial score (nSPS) is 17.3. The molecule has 0 unspecified atom stereocenters. The highest BCUT2D eigenvalue weighted by Crippen LogP contribution is 2.20. The molecule has 0 bridgehead atoms. The highest BCUT2D eigenvalue weighted by molar-refractivity contribution is 5.80. The van der Waals surface area contributed by atoms with E-state index in [0.717, 1.165) is 58.0 Å². The molecule has 0 radical (unpaired) electrons. The van der Waals surface area contributed by atoms with Crippen LogP contribution in [0.2, 0.25) is 0 Å². The first-order valence-corrected chi connectivity index (χ1v) is 9.75. The Labute approximate surface area is 159 Å². The summed E-state index contributed by atoms with van der Waals surface area (Å²) in [5.74, 6) is 0.918. The van der Waals surface area contributed by atoms with Crippen molar-refractivity contribution in [3.63, 3.8) is 0 Å². The van der Waals surface area contributed by atoms with Gasteiger partial charge in [0.25, 0.3) is 0 Å². The lowest BCUT2D eigenvalue weighted by molar-refractivity contribution is 0.128. The Morgan fingerprint density at radius 1 is 1.23 bits per heavy atom. The van der Waals surface area contributed by atoms with Gasteiger partial charge in [0, 0.05) is 46.4 Å². The standard InChI is InChI=1S/C21H36N4O/c1-21(2,16-18-8-6-5-7-9-18)17-23-20(22-3)24-19-10-12-25(13-11-19)14-15-26-4/h5-9,19H,10-17H2,1-4H3,(H2,22,23,24). The lowest BCUT2D eigenvalue weighted by Gasteiger charge is -2.33. The molecule has 146 valence electrons. The third-order valence-electron chi connectivity index (χ3n) is 5.02. The summed E-state index contributed by atoms with van der Waals surface area (Å²) in [5, 5.41) is 7.13. The average molecular weight is 361 g/mol. The molecule has 0 spiro atoms. The first-order chi connectivity index (χ1) is 12.5. The van der Waals surface area contributed by atoms with E-state index in [1.54, 1.807) is 7.11 Å². The number of methoxy groups -OCH3 is 1. The molecule has 2 N–H and O–H groups in total. The zero-order chi connectivity index (χ0) is 18.8. The Hall–Kier alpha value is -1.59. The third-order valence-corrected chi connectivity index (χ3v) is 5.02. The molecule has 1 aromatic carbocycles. The summed E-state index contributed by atoms with van der Waals surface area (Å²) in [6.45, 7) is 9.59. The fourth-order valence-electron chi connectivity index (χ4n) is 3.44. The molecule has 1 aliphatic heterocycles. The van der Waals surface area contributed by atoms with Gasteiger partial charge in [-0.25, -0.2) is 0 Å². The number of piperidine rings is 1. The predicted molar refractivity (Wildman–Crippen MR) is 110 cm³/mol. The Morgan fingerprint density at radius 2 is 1.92 bits per heavy atom. The van der Waals surface area contributed by atoms with Crippen LogP contribution in [0.3, 0.4) is 0 Å². The maximum absolute atomic E-state index is 5.17. The molecule has 1 aromatic rings. The Kier molecular flexibility index (Phi) is 8.39. The number of hydrogen-bond donors (Lipinski definition) is 2. The van der Waals surface area contributed by atoms with Crippen molar-refractivity contribution < 1.29 is 4.74 Å². The van der Waals surface area contributed by atoms with E-state index in [9.17, 15) is 0 Å². The van der Waals surface area contributed by atoms with Crippen molar-refractivity contribution in [2.24, 2.45) is 10.4 Å². The van der Waals surface area contributed by atoms with E-state index in [4.69, 9.17) is 4.74 Å². The monoisotopic (exact) mass is 360 g/mol. The number of hydrogen-bond acceptors (Lipinski definition) is 3. The van der Waals surface area contributed by atoms with E-state index in [0.29, 0.717) is 6.04 Å². The summed E-state index contributed by atoms with van der Waals surface area (Å²) < 4.78 is 5.17. The molecular formula is C21H36N4O. The van der Waals surface area contributed by atoms with Crippen LogP contribution in [0.15, 0.2) is 35.3 Å². The minimum Gasteiger partial charge on any atom is -0.383 e. The Morgan fingerprint density at radius 3 is 2.54 bits per heavy atom. The zero-order valence-electron chi connectivity index (χ0n) is 16.9. The highest BCUT2D eigenvalue weighted by Gasteiger charge is 2.22. The van der Waals surface area contributed by atoms with Crippen molar-refractivity contribution in [2.75, 3.05) is 46.9 Å². The number of guanidine groups is 1. The quantitative estimate of drug-likeness (QED) is 0.552. The minimum absolute atomic E-state index is 0.169. The van der Waals surface area contributed by atoms with Gasteiger partial charge >= 0.3 is 0 Å². The summed E-state index contributed by atoms with van der Waals surface area (Å²) in [4.78, 5) is 6.89. The lowest BCUT2D eigenvalue weighted by atomic mass is 9.86. The van der Waals surface area contributed by atoms with Crippen molar-refractivity contribution >= 4 is 5.96 Å². The van der Waals surface area contributed by atoms with Crippen molar-refractivity contribution in [2.45, 2.75) is 39.2 Å². The van der Waals surface area contributed by atoms with E-state index in [1.165, 1.54) is 5.56 Å². The fourth-order valence-corrected chi connectivity index (χ4v) is 3.44. The van der Waals surface area contributed by atoms with Gasteiger partial charge in [-0.05, 0) is 30.2 Å². The SMILES string of the molecule is CN=C(NCC(C)(C)Cc1ccccc1)NC1CCN(CCOC)CC1. The van der Waals surface area contributed by atoms with Gasteiger partial charge in [-0.1, -0.05) is 44.2 Å². The van der Waals surface area contributed by atoms with Crippen molar-refractivity contribution in [3.8, 4) is 0 Å². The Balaban J connectivity index is 1.74. The molecule has 5 heteroatoms. The number of nitrogens with one attached hydrogen (secondary N) is 2. The van der Waals surface area contributed by atoms with Crippen LogP contribution in [-0.4, -0.2) is 63.8 Å². The van der Waals surface area contributed by atoms with Crippen molar-refractivity contribution in [3.05, 3.63) is 35.9 Å². The van der Waals surface area contributed by atoms with Crippen molar-refractivity contribution in [1.29, 1.82) is 0 Å². The van der Waals surface area contributed by atoms with Crippen LogP contribution in [0, 0.1) is 5.41 Å². The fraction of sp³-hybridized carbons (Fsp3) is 0.667. The van der Waals surface area contributed by atoms with Crippen LogP contribution in [0.1, 0.15) is 32.3 Å². The number of rotatable bonds is 8. The van der Waals surface area contributed by atoms with Gasteiger partial charge in [0.15, 0.2) is 5.96 Å². The van der Waals surface area contributed by atoms with Gasteiger partial charge in [0.1, 0.15) is 0 Å². The molecule has 26 heavy (non-hydrogen) atoms. The van der Waals surface area contributed by atoms with E-state index < -0.39 is 0 Å². The van der Waals surface area contributed by atoms with E-state index in [-0.39, 0.29) is 5.41 Å². The molecule has 0 aromatic heterocycles. The van der Waals surface area contributed by atoms with Gasteiger partial charge in [0.2, 0.25) is 0 Å². The van der Waals surface area contributed by atoms with Crippen LogP contribution >= 0.6 is 0 Å². The second-order valence-electron chi connectivity index (χ2n) is 8.01. The predicted octanol–water partition coefficient (Wildman–Crippen LogP) is 2.53. The van der Waals surface area contributed by atoms with E-state index in [2.05, 4.69) is 64.7 Å². The number of benzene rings is 1. The van der Waals surface area contributed by atoms with Crippen LogP contribution in [0.5, 0.6) is 0 Å². The molecule has 2 rings (SSSR count). The summed E-state index contributed by atoms with van der Waals surface area (Å²) >= 11 is 0. The molecule has 0 amide bonds. The Bertz CT molecular complexity index is 536.